The molecule has 0 bridgehead atoms. The quantitative estimate of drug-likeness (QED) is 0.237. The van der Waals surface area contributed by atoms with Gasteiger partial charge in [-0.15, -0.1) is 0 Å². The van der Waals surface area contributed by atoms with Crippen LogP contribution in [0.1, 0.15) is 68.9 Å². The van der Waals surface area contributed by atoms with Crippen LogP contribution >= 0.6 is 23.2 Å². The maximum Gasteiger partial charge on any atom is 0.343 e. The van der Waals surface area contributed by atoms with E-state index >= 15 is 0 Å². The van der Waals surface area contributed by atoms with Gasteiger partial charge in [0.15, 0.2) is 0 Å². The summed E-state index contributed by atoms with van der Waals surface area (Å²) in [7, 11) is 0. The summed E-state index contributed by atoms with van der Waals surface area (Å²) < 4.78 is 11.7. The molecule has 0 N–H and O–H groups in total. The van der Waals surface area contributed by atoms with Gasteiger partial charge in [0.1, 0.15) is 17.1 Å². The number of carbonyl (C=O) groups is 1. The lowest BCUT2D eigenvalue weighted by Crippen LogP contribution is -2.30. The topological polar surface area (TPSA) is 35.5 Å². The molecule has 0 saturated carbocycles. The number of rotatable bonds is 8. The van der Waals surface area contributed by atoms with Crippen LogP contribution in [0.4, 0.5) is 0 Å². The fraction of sp³-hybridized carbons (Fsp3) is 0.321. The van der Waals surface area contributed by atoms with E-state index in [0.717, 1.165) is 24.0 Å². The molecule has 0 spiro atoms. The highest BCUT2D eigenvalue weighted by Gasteiger charge is 2.27. The third-order valence-corrected chi connectivity index (χ3v) is 6.96. The van der Waals surface area contributed by atoms with Crippen molar-refractivity contribution in [2.24, 2.45) is 0 Å². The molecule has 3 aromatic carbocycles. The second-order valence-corrected chi connectivity index (χ2v) is 9.74. The Balaban J connectivity index is 1.83. The minimum absolute atomic E-state index is 0.249. The Labute approximate surface area is 206 Å². The molecule has 3 nitrogen and oxygen atoms in total. The molecule has 0 aliphatic carbocycles. The Bertz CT molecular complexity index is 1120. The molecule has 0 aliphatic rings. The second-order valence-electron chi connectivity index (χ2n) is 8.93. The highest BCUT2D eigenvalue weighted by molar-refractivity contribution is 6.32. The first-order valence-corrected chi connectivity index (χ1v) is 11.9. The predicted molar refractivity (Wildman–Crippen MR) is 136 cm³/mol. The molecule has 0 heterocycles. The smallest absolute Gasteiger partial charge is 0.343 e. The normalized spacial score (nSPS) is 11.8. The number of ether oxygens (including phenoxy) is 2. The SMILES string of the molecule is CCC(C)(CC)Oc1ccc(C(C)(C)c2ccc(OC(=O)c3ccccc3)c(Cl)c2)cc1Cl. The second kappa shape index (κ2) is 10.2. The third-order valence-electron chi connectivity index (χ3n) is 6.37. The number of halogens is 2. The van der Waals surface area contributed by atoms with E-state index < -0.39 is 5.97 Å². The van der Waals surface area contributed by atoms with Gasteiger partial charge in [-0.3, -0.25) is 0 Å². The van der Waals surface area contributed by atoms with Gasteiger partial charge in [-0.1, -0.05) is 81.2 Å². The van der Waals surface area contributed by atoms with Crippen LogP contribution in [0.5, 0.6) is 11.5 Å². The monoisotopic (exact) mass is 484 g/mol. The lowest BCUT2D eigenvalue weighted by Gasteiger charge is -2.30. The van der Waals surface area contributed by atoms with Crippen LogP contribution in [0.25, 0.3) is 0 Å². The van der Waals surface area contributed by atoms with Crippen molar-refractivity contribution in [1.29, 1.82) is 0 Å². The molecule has 3 aromatic rings. The molecular weight excluding hydrogens is 455 g/mol. The van der Waals surface area contributed by atoms with E-state index in [1.165, 1.54) is 0 Å². The molecule has 0 atom stereocenters. The van der Waals surface area contributed by atoms with Crippen LogP contribution in [-0.2, 0) is 5.41 Å². The van der Waals surface area contributed by atoms with E-state index in [9.17, 15) is 4.79 Å². The van der Waals surface area contributed by atoms with Gasteiger partial charge in [0.05, 0.1) is 15.6 Å². The Kier molecular flexibility index (Phi) is 7.76. The van der Waals surface area contributed by atoms with E-state index in [0.29, 0.717) is 27.1 Å². The molecule has 0 fully saturated rings. The first-order chi connectivity index (χ1) is 15.6. The van der Waals surface area contributed by atoms with Gasteiger partial charge in [0.2, 0.25) is 0 Å². The molecule has 0 aromatic heterocycles. The zero-order chi connectivity index (χ0) is 24.2. The molecule has 33 heavy (non-hydrogen) atoms. The molecule has 0 amide bonds. The number of hydrogen-bond donors (Lipinski definition) is 0. The van der Waals surface area contributed by atoms with Gasteiger partial charge in [0, 0.05) is 5.41 Å². The highest BCUT2D eigenvalue weighted by Crippen LogP contribution is 2.39. The fourth-order valence-corrected chi connectivity index (χ4v) is 3.94. The molecule has 0 aliphatic heterocycles. The van der Waals surface area contributed by atoms with Gasteiger partial charge < -0.3 is 9.47 Å². The summed E-state index contributed by atoms with van der Waals surface area (Å²) in [6.45, 7) is 10.5. The number of carbonyl (C=O) groups excluding carboxylic acids is 1. The third kappa shape index (κ3) is 5.72. The van der Waals surface area contributed by atoms with Crippen molar-refractivity contribution >= 4 is 29.2 Å². The Morgan fingerprint density at radius 2 is 1.30 bits per heavy atom. The van der Waals surface area contributed by atoms with Crippen molar-refractivity contribution in [3.8, 4) is 11.5 Å². The van der Waals surface area contributed by atoms with Crippen LogP contribution < -0.4 is 9.47 Å². The lowest BCUT2D eigenvalue weighted by molar-refractivity contribution is 0.0734. The van der Waals surface area contributed by atoms with Crippen molar-refractivity contribution in [3.63, 3.8) is 0 Å². The summed E-state index contributed by atoms with van der Waals surface area (Å²) in [5.41, 5.74) is 1.84. The number of esters is 1. The van der Waals surface area contributed by atoms with Gasteiger partial charge in [-0.25, -0.2) is 4.79 Å². The maximum atomic E-state index is 12.4. The Morgan fingerprint density at radius 3 is 1.79 bits per heavy atom. The molecule has 0 unspecified atom stereocenters. The Hall–Kier alpha value is -2.49. The zero-order valence-electron chi connectivity index (χ0n) is 19.7. The standard InChI is InChI=1S/C28H30Cl2O3/c1-6-28(5,7-2)33-25-16-14-21(18-23(25)30)27(3,4)20-13-15-24(22(29)17-20)32-26(31)19-11-9-8-10-12-19/h8-18H,6-7H2,1-5H3. The minimum Gasteiger partial charge on any atom is -0.486 e. The fourth-order valence-electron chi connectivity index (χ4n) is 3.50. The van der Waals surface area contributed by atoms with Gasteiger partial charge in [-0.2, -0.15) is 0 Å². The molecule has 5 heteroatoms. The van der Waals surface area contributed by atoms with E-state index in [1.54, 1.807) is 30.3 Å². The minimum atomic E-state index is -0.446. The van der Waals surface area contributed by atoms with Gasteiger partial charge in [0.25, 0.3) is 0 Å². The summed E-state index contributed by atoms with van der Waals surface area (Å²) in [6.07, 6.45) is 1.79. The molecule has 0 radical (unpaired) electrons. The van der Waals surface area contributed by atoms with Gasteiger partial charge in [-0.05, 0) is 67.3 Å². The molecular formula is C28H30Cl2O3. The van der Waals surface area contributed by atoms with E-state index in [-0.39, 0.29) is 11.0 Å². The maximum absolute atomic E-state index is 12.4. The van der Waals surface area contributed by atoms with E-state index in [2.05, 4.69) is 34.6 Å². The average Bonchev–Trinajstić information content (AvgIpc) is 2.81. The predicted octanol–water partition coefficient (Wildman–Crippen LogP) is 8.50. The summed E-state index contributed by atoms with van der Waals surface area (Å²) >= 11 is 13.1. The largest absolute Gasteiger partial charge is 0.486 e. The van der Waals surface area contributed by atoms with E-state index in [4.69, 9.17) is 32.7 Å². The van der Waals surface area contributed by atoms with Crippen molar-refractivity contribution in [1.82, 2.24) is 0 Å². The van der Waals surface area contributed by atoms with Crippen LogP contribution in [0.15, 0.2) is 66.7 Å². The van der Waals surface area contributed by atoms with Gasteiger partial charge >= 0.3 is 5.97 Å². The first-order valence-electron chi connectivity index (χ1n) is 11.2. The summed E-state index contributed by atoms with van der Waals surface area (Å²) in [5, 5.41) is 0.950. The summed E-state index contributed by atoms with van der Waals surface area (Å²) in [5.74, 6) is 0.562. The van der Waals surface area contributed by atoms with Crippen LogP contribution in [0, 0.1) is 0 Å². The van der Waals surface area contributed by atoms with Crippen molar-refractivity contribution in [2.45, 2.75) is 58.5 Å². The summed E-state index contributed by atoms with van der Waals surface area (Å²) in [4.78, 5) is 12.4. The zero-order valence-corrected chi connectivity index (χ0v) is 21.3. The van der Waals surface area contributed by atoms with Crippen molar-refractivity contribution < 1.29 is 14.3 Å². The van der Waals surface area contributed by atoms with E-state index in [1.807, 2.05) is 36.4 Å². The van der Waals surface area contributed by atoms with Crippen molar-refractivity contribution in [2.75, 3.05) is 0 Å². The molecule has 0 saturated heterocycles. The Morgan fingerprint density at radius 1 is 0.788 bits per heavy atom. The van der Waals surface area contributed by atoms with Crippen molar-refractivity contribution in [3.05, 3.63) is 93.5 Å². The first kappa shape index (κ1) is 25.1. The lowest BCUT2D eigenvalue weighted by atomic mass is 9.78. The number of benzene rings is 3. The molecule has 3 rings (SSSR count). The summed E-state index contributed by atoms with van der Waals surface area (Å²) in [6, 6.07) is 20.2. The van der Waals surface area contributed by atoms with Crippen LogP contribution in [-0.4, -0.2) is 11.6 Å². The molecule has 174 valence electrons. The van der Waals surface area contributed by atoms with Crippen LogP contribution in [0.2, 0.25) is 10.0 Å². The van der Waals surface area contributed by atoms with Crippen LogP contribution in [0.3, 0.4) is 0 Å². The average molecular weight is 485 g/mol. The highest BCUT2D eigenvalue weighted by atomic mass is 35.5. The number of hydrogen-bond acceptors (Lipinski definition) is 3.